The molecule has 0 radical (unpaired) electrons. The van der Waals surface area contributed by atoms with Gasteiger partial charge in [0.05, 0.1) is 0 Å². The van der Waals surface area contributed by atoms with Gasteiger partial charge in [0.25, 0.3) is 5.91 Å². The van der Waals surface area contributed by atoms with Gasteiger partial charge in [-0.15, -0.1) is 0 Å². The van der Waals surface area contributed by atoms with Crippen LogP contribution in [0.5, 0.6) is 5.75 Å². The Labute approximate surface area is 178 Å². The molecule has 0 spiro atoms. The summed E-state index contributed by atoms with van der Waals surface area (Å²) in [6.45, 7) is 13.2. The van der Waals surface area contributed by atoms with Crippen molar-refractivity contribution < 1.29 is 9.53 Å². The van der Waals surface area contributed by atoms with E-state index in [0.29, 0.717) is 10.8 Å². The summed E-state index contributed by atoms with van der Waals surface area (Å²) in [7, 11) is 0. The van der Waals surface area contributed by atoms with E-state index in [1.54, 1.807) is 19.1 Å². The van der Waals surface area contributed by atoms with Crippen molar-refractivity contribution in [3.8, 4) is 5.75 Å². The number of benzene rings is 2. The average molecular weight is 416 g/mol. The molecule has 0 saturated carbocycles. The lowest BCUT2D eigenvalue weighted by molar-refractivity contribution is -0.122. The maximum atomic E-state index is 12.6. The summed E-state index contributed by atoms with van der Waals surface area (Å²) in [5.41, 5.74) is 3.97. The molecule has 1 atom stereocenters. The summed E-state index contributed by atoms with van der Waals surface area (Å²) in [6, 6.07) is 11.6. The smallest absolute Gasteiger partial charge is 0.265 e. The third kappa shape index (κ3) is 5.43. The minimum absolute atomic E-state index is 0.174. The fourth-order valence-electron chi connectivity index (χ4n) is 3.53. The number of nitrogens with one attached hydrogen (secondary N) is 1. The second-order valence-corrected chi connectivity index (χ2v) is 8.02. The van der Waals surface area contributed by atoms with E-state index in [-0.39, 0.29) is 5.91 Å². The van der Waals surface area contributed by atoms with Crippen molar-refractivity contribution >= 4 is 28.9 Å². The number of hydrogen-bond donors (Lipinski definition) is 1. The van der Waals surface area contributed by atoms with Gasteiger partial charge in [0, 0.05) is 42.6 Å². The second kappa shape index (κ2) is 9.51. The Bertz CT molecular complexity index is 863. The Morgan fingerprint density at radius 2 is 1.83 bits per heavy atom. The van der Waals surface area contributed by atoms with Gasteiger partial charge >= 0.3 is 0 Å². The van der Waals surface area contributed by atoms with Crippen LogP contribution >= 0.6 is 11.6 Å². The molecule has 6 heteroatoms. The number of nitrogens with zero attached hydrogens (tertiary/aromatic N) is 2. The number of hydrogen-bond acceptors (Lipinski definition) is 4. The lowest BCUT2D eigenvalue weighted by Crippen LogP contribution is -2.46. The Kier molecular flexibility index (Phi) is 7.04. The molecule has 1 aliphatic rings. The Morgan fingerprint density at radius 1 is 1.10 bits per heavy atom. The van der Waals surface area contributed by atoms with Gasteiger partial charge in [0.15, 0.2) is 6.10 Å². The first kappa shape index (κ1) is 21.5. The van der Waals surface area contributed by atoms with Gasteiger partial charge in [-0.1, -0.05) is 18.5 Å². The lowest BCUT2D eigenvalue weighted by atomic mass is 10.1. The molecular formula is C23H30ClN3O2. The van der Waals surface area contributed by atoms with Crippen LogP contribution in [0.25, 0.3) is 0 Å². The molecule has 3 rings (SSSR count). The highest BCUT2D eigenvalue weighted by atomic mass is 35.5. The van der Waals surface area contributed by atoms with E-state index in [9.17, 15) is 4.79 Å². The predicted molar refractivity (Wildman–Crippen MR) is 120 cm³/mol. The van der Waals surface area contributed by atoms with E-state index in [4.69, 9.17) is 16.3 Å². The molecule has 156 valence electrons. The summed E-state index contributed by atoms with van der Waals surface area (Å²) in [5, 5.41) is 3.64. The van der Waals surface area contributed by atoms with Crippen LogP contribution in [0.15, 0.2) is 36.4 Å². The summed E-state index contributed by atoms with van der Waals surface area (Å²) in [5.74, 6) is 0.488. The number of carbonyl (C=O) groups is 1. The molecule has 5 nitrogen and oxygen atoms in total. The summed E-state index contributed by atoms with van der Waals surface area (Å²) < 4.78 is 5.83. The standard InChI is InChI=1S/C23H30ClN3O2/c1-5-26-10-12-27(13-11-26)20-7-8-21(16(2)15-20)25-23(28)18(4)29-22-9-6-19(24)14-17(22)3/h6-9,14-15,18H,5,10-13H2,1-4H3,(H,25,28). The summed E-state index contributed by atoms with van der Waals surface area (Å²) in [4.78, 5) is 17.5. The monoisotopic (exact) mass is 415 g/mol. The zero-order valence-electron chi connectivity index (χ0n) is 17.7. The number of halogens is 1. The fraction of sp³-hybridized carbons (Fsp3) is 0.435. The van der Waals surface area contributed by atoms with Crippen LogP contribution in [0.4, 0.5) is 11.4 Å². The van der Waals surface area contributed by atoms with Crippen molar-refractivity contribution in [3.63, 3.8) is 0 Å². The van der Waals surface area contributed by atoms with Crippen molar-refractivity contribution in [2.24, 2.45) is 0 Å². The van der Waals surface area contributed by atoms with Crippen LogP contribution < -0.4 is 15.0 Å². The van der Waals surface area contributed by atoms with Crippen LogP contribution in [-0.4, -0.2) is 49.6 Å². The molecule has 2 aromatic carbocycles. The summed E-state index contributed by atoms with van der Waals surface area (Å²) >= 11 is 5.98. The van der Waals surface area contributed by atoms with Crippen LogP contribution in [0.2, 0.25) is 5.02 Å². The average Bonchev–Trinajstić information content (AvgIpc) is 2.71. The van der Waals surface area contributed by atoms with Gasteiger partial charge < -0.3 is 19.9 Å². The van der Waals surface area contributed by atoms with E-state index in [0.717, 1.165) is 49.5 Å². The largest absolute Gasteiger partial charge is 0.481 e. The SMILES string of the molecule is CCN1CCN(c2ccc(NC(=O)C(C)Oc3ccc(Cl)cc3C)c(C)c2)CC1. The van der Waals surface area contributed by atoms with Crippen molar-refractivity contribution in [3.05, 3.63) is 52.5 Å². The van der Waals surface area contributed by atoms with Crippen LogP contribution in [-0.2, 0) is 4.79 Å². The van der Waals surface area contributed by atoms with Gasteiger partial charge in [-0.2, -0.15) is 0 Å². The highest BCUT2D eigenvalue weighted by Gasteiger charge is 2.19. The molecule has 1 aliphatic heterocycles. The maximum Gasteiger partial charge on any atom is 0.265 e. The molecule has 1 amide bonds. The highest BCUT2D eigenvalue weighted by molar-refractivity contribution is 6.30. The molecule has 1 fully saturated rings. The fourth-order valence-corrected chi connectivity index (χ4v) is 3.76. The van der Waals surface area contributed by atoms with Gasteiger partial charge in [0.2, 0.25) is 0 Å². The highest BCUT2D eigenvalue weighted by Crippen LogP contribution is 2.25. The predicted octanol–water partition coefficient (Wildman–Crippen LogP) is 4.50. The maximum absolute atomic E-state index is 12.6. The molecule has 1 N–H and O–H groups in total. The number of carbonyl (C=O) groups excluding carboxylic acids is 1. The van der Waals surface area contributed by atoms with Gasteiger partial charge in [-0.25, -0.2) is 0 Å². The first-order valence-corrected chi connectivity index (χ1v) is 10.6. The number of aryl methyl sites for hydroxylation is 2. The third-order valence-electron chi connectivity index (χ3n) is 5.46. The normalized spacial score (nSPS) is 15.8. The van der Waals surface area contributed by atoms with E-state index in [1.165, 1.54) is 5.69 Å². The molecule has 1 saturated heterocycles. The van der Waals surface area contributed by atoms with Crippen molar-refractivity contribution in [2.45, 2.75) is 33.8 Å². The first-order chi connectivity index (χ1) is 13.9. The quantitative estimate of drug-likeness (QED) is 0.754. The van der Waals surface area contributed by atoms with E-state index in [2.05, 4.69) is 34.2 Å². The van der Waals surface area contributed by atoms with Crippen LogP contribution in [0, 0.1) is 13.8 Å². The molecule has 29 heavy (non-hydrogen) atoms. The van der Waals surface area contributed by atoms with Crippen molar-refractivity contribution in [2.75, 3.05) is 42.9 Å². The minimum Gasteiger partial charge on any atom is -0.481 e. The number of ether oxygens (including phenoxy) is 1. The van der Waals surface area contributed by atoms with E-state index >= 15 is 0 Å². The Morgan fingerprint density at radius 3 is 2.45 bits per heavy atom. The molecule has 0 aliphatic carbocycles. The topological polar surface area (TPSA) is 44.8 Å². The molecular weight excluding hydrogens is 386 g/mol. The number of anilines is 2. The molecule has 2 aromatic rings. The molecule has 1 unspecified atom stereocenters. The van der Waals surface area contributed by atoms with Crippen LogP contribution in [0.1, 0.15) is 25.0 Å². The van der Waals surface area contributed by atoms with Crippen molar-refractivity contribution in [1.82, 2.24) is 4.90 Å². The van der Waals surface area contributed by atoms with E-state index < -0.39 is 6.10 Å². The van der Waals surface area contributed by atoms with Gasteiger partial charge in [-0.3, -0.25) is 4.79 Å². The van der Waals surface area contributed by atoms with Crippen molar-refractivity contribution in [1.29, 1.82) is 0 Å². The third-order valence-corrected chi connectivity index (χ3v) is 5.70. The zero-order chi connectivity index (χ0) is 21.0. The number of amides is 1. The van der Waals surface area contributed by atoms with Gasteiger partial charge in [-0.05, 0) is 74.8 Å². The Balaban J connectivity index is 1.61. The first-order valence-electron chi connectivity index (χ1n) is 10.2. The number of piperazine rings is 1. The van der Waals surface area contributed by atoms with E-state index in [1.807, 2.05) is 26.0 Å². The second-order valence-electron chi connectivity index (χ2n) is 7.58. The molecule has 0 bridgehead atoms. The number of likely N-dealkylation sites (N-methyl/N-ethyl adjacent to an activating group) is 1. The lowest BCUT2D eigenvalue weighted by Gasteiger charge is -2.35. The molecule has 0 aromatic heterocycles. The number of rotatable bonds is 6. The Hall–Kier alpha value is -2.24. The van der Waals surface area contributed by atoms with Gasteiger partial charge in [0.1, 0.15) is 5.75 Å². The van der Waals surface area contributed by atoms with Crippen LogP contribution in [0.3, 0.4) is 0 Å². The minimum atomic E-state index is -0.615. The summed E-state index contributed by atoms with van der Waals surface area (Å²) in [6.07, 6.45) is -0.615. The zero-order valence-corrected chi connectivity index (χ0v) is 18.4. The molecule has 1 heterocycles.